The lowest BCUT2D eigenvalue weighted by Gasteiger charge is -2.25. The van der Waals surface area contributed by atoms with E-state index in [1.165, 1.54) is 10.9 Å². The van der Waals surface area contributed by atoms with E-state index >= 15 is 4.39 Å². The molecular formula is C19H23FN11O9P2S2+. The van der Waals surface area contributed by atoms with Gasteiger partial charge in [0.05, 0.1) is 19.0 Å². The lowest BCUT2D eigenvalue weighted by Crippen LogP contribution is -2.31. The first-order valence-corrected chi connectivity index (χ1v) is 17.5. The standard InChI is InChI=1S/C19H22FN11O9P2S2/c20-9-12(32)8(39-18(9)31-14-10(28-29-31)13(21)23-4-24-14)3-37-42(35,44)40-7-1-6(2-36-41(34)43)38-17(7)30-5-25-11-15(30)26-19(22)27-16(11)33/h4-9,12,17-18,32H,1-3H2,(H6-,21,22,23,24,26,27,29,33,34,35,43,44)/p+1. The van der Waals surface area contributed by atoms with Crippen molar-refractivity contribution in [3.8, 4) is 0 Å². The molecule has 6 rings (SSSR count). The molecule has 7 N–H and O–H groups in total. The Morgan fingerprint density at radius 3 is 2.80 bits per heavy atom. The molecule has 0 amide bonds. The molecule has 9 atom stereocenters. The molecular weight excluding hydrogens is 671 g/mol. The maximum atomic E-state index is 15.1. The van der Waals surface area contributed by atoms with E-state index in [0.717, 1.165) is 11.0 Å². The molecule has 0 radical (unpaired) electrons. The van der Waals surface area contributed by atoms with Gasteiger partial charge in [-0.1, -0.05) is 5.21 Å². The first-order chi connectivity index (χ1) is 20.9. The van der Waals surface area contributed by atoms with Crippen molar-refractivity contribution in [2.45, 2.75) is 49.5 Å². The molecule has 0 aromatic carbocycles. The fraction of sp³-hybridized carbons (Fsp3) is 0.526. The summed E-state index contributed by atoms with van der Waals surface area (Å²) in [7, 11) is -2.25. The number of ether oxygens (including phenoxy) is 2. The number of alkyl halides is 1. The minimum Gasteiger partial charge on any atom is -0.387 e. The summed E-state index contributed by atoms with van der Waals surface area (Å²) in [5, 5.41) is 18.2. The highest BCUT2D eigenvalue weighted by Crippen LogP contribution is 2.50. The van der Waals surface area contributed by atoms with Crippen molar-refractivity contribution in [3.05, 3.63) is 23.0 Å². The van der Waals surface area contributed by atoms with E-state index in [4.69, 9.17) is 46.3 Å². The van der Waals surface area contributed by atoms with Crippen molar-refractivity contribution in [1.29, 1.82) is 0 Å². The van der Waals surface area contributed by atoms with Gasteiger partial charge in [-0.15, -0.1) is 9.62 Å². The molecule has 0 saturated carbocycles. The van der Waals surface area contributed by atoms with Crippen LogP contribution in [0.15, 0.2) is 17.4 Å². The first-order valence-electron chi connectivity index (χ1n) is 12.5. The molecule has 4 aromatic heterocycles. The van der Waals surface area contributed by atoms with E-state index in [0.29, 0.717) is 0 Å². The number of halogens is 1. The van der Waals surface area contributed by atoms with Gasteiger partial charge >= 0.3 is 13.9 Å². The zero-order chi connectivity index (χ0) is 31.3. The second-order valence-corrected chi connectivity index (χ2v) is 14.1. The molecule has 2 aliphatic rings. The van der Waals surface area contributed by atoms with Crippen LogP contribution in [0.5, 0.6) is 0 Å². The van der Waals surface area contributed by atoms with Crippen molar-refractivity contribution < 1.29 is 42.0 Å². The number of aliphatic hydroxyl groups excluding tert-OH is 1. The molecule has 44 heavy (non-hydrogen) atoms. The van der Waals surface area contributed by atoms with Crippen LogP contribution in [0.4, 0.5) is 16.2 Å². The van der Waals surface area contributed by atoms with Gasteiger partial charge in [-0.25, -0.2) is 19.3 Å². The largest absolute Gasteiger partial charge is 0.582 e. The van der Waals surface area contributed by atoms with Gasteiger partial charge in [-0.2, -0.15) is 9.67 Å². The Bertz CT molecular complexity index is 1830. The smallest absolute Gasteiger partial charge is 0.387 e. The van der Waals surface area contributed by atoms with E-state index < -0.39 is 69.2 Å². The zero-order valence-electron chi connectivity index (χ0n) is 21.9. The number of hydrogen-bond acceptors (Lipinski definition) is 17. The zero-order valence-corrected chi connectivity index (χ0v) is 25.4. The van der Waals surface area contributed by atoms with Crippen molar-refractivity contribution in [1.82, 2.24) is 44.5 Å². The summed E-state index contributed by atoms with van der Waals surface area (Å²) in [6.07, 6.45) is -6.89. The Balaban J connectivity index is 1.17. The average molecular weight is 695 g/mol. The minimum absolute atomic E-state index is 0.0189. The third-order valence-corrected chi connectivity index (χ3v) is 9.04. The Morgan fingerprint density at radius 2 is 2.02 bits per heavy atom. The number of nitrogens with two attached hydrogens (primary N) is 2. The molecule has 0 bridgehead atoms. The van der Waals surface area contributed by atoms with Gasteiger partial charge in [-0.05, 0) is 16.4 Å². The number of imidazole rings is 1. The molecule has 20 nitrogen and oxygen atoms in total. The molecule has 6 heterocycles. The number of anilines is 2. The van der Waals surface area contributed by atoms with Crippen LogP contribution >= 0.6 is 26.2 Å². The van der Waals surface area contributed by atoms with Gasteiger partial charge in [0.25, 0.3) is 5.56 Å². The lowest BCUT2D eigenvalue weighted by molar-refractivity contribution is -0.0565. The van der Waals surface area contributed by atoms with E-state index in [2.05, 4.69) is 47.5 Å². The van der Waals surface area contributed by atoms with E-state index in [1.54, 1.807) is 0 Å². The van der Waals surface area contributed by atoms with Crippen LogP contribution in [-0.2, 0) is 39.4 Å². The highest BCUT2D eigenvalue weighted by atomic mass is 32.7. The van der Waals surface area contributed by atoms with Crippen LogP contribution in [-0.4, -0.2) is 98.3 Å². The number of rotatable bonds is 10. The molecule has 25 heteroatoms. The molecule has 9 unspecified atom stereocenters. The highest BCUT2D eigenvalue weighted by molar-refractivity contribution is 8.39. The molecule has 4 aromatic rings. The molecule has 2 aliphatic heterocycles. The number of fused-ring (bicyclic) bond motifs is 2. The van der Waals surface area contributed by atoms with Gasteiger partial charge < -0.3 is 40.0 Å². The maximum Gasteiger partial charge on any atom is 0.582 e. The third kappa shape index (κ3) is 6.05. The fourth-order valence-electron chi connectivity index (χ4n) is 4.80. The lowest BCUT2D eigenvalue weighted by atomic mass is 10.1. The SMILES string of the molecule is Nc1nc2c(ncn2C2OC(CO[P+](=O)S)CC2OP(O)(=S)OCC2OC(n3nnc4c(N)ncnc43)C(F)C2O)c(=O)[nH]1. The normalized spacial score (nSPS) is 29.0. The Morgan fingerprint density at radius 1 is 1.23 bits per heavy atom. The summed E-state index contributed by atoms with van der Waals surface area (Å²) in [5.41, 5.74) is 11.1. The maximum absolute atomic E-state index is 15.1. The van der Waals surface area contributed by atoms with E-state index in [-0.39, 0.29) is 47.1 Å². The van der Waals surface area contributed by atoms with Crippen molar-refractivity contribution in [2.75, 3.05) is 24.7 Å². The van der Waals surface area contributed by atoms with Crippen LogP contribution in [0, 0.1) is 0 Å². The number of thiol groups is 1. The van der Waals surface area contributed by atoms with Crippen molar-refractivity contribution >= 4 is 72.1 Å². The third-order valence-electron chi connectivity index (χ3n) is 6.74. The van der Waals surface area contributed by atoms with E-state index in [9.17, 15) is 19.4 Å². The van der Waals surface area contributed by atoms with Crippen LogP contribution in [0.3, 0.4) is 0 Å². The monoisotopic (exact) mass is 694 g/mol. The number of aliphatic hydroxyl groups is 1. The second kappa shape index (κ2) is 12.2. The summed E-state index contributed by atoms with van der Waals surface area (Å²) >= 11 is 8.92. The Hall–Kier alpha value is -2.82. The fourth-order valence-corrected chi connectivity index (χ4v) is 6.74. The number of nitrogens with one attached hydrogen (secondary N) is 1. The first kappa shape index (κ1) is 31.2. The number of nitrogens with zero attached hydrogens (tertiary/aromatic N) is 8. The highest BCUT2D eigenvalue weighted by Gasteiger charge is 2.48. The molecule has 0 aliphatic carbocycles. The molecule has 2 saturated heterocycles. The van der Waals surface area contributed by atoms with Crippen LogP contribution in [0.25, 0.3) is 22.3 Å². The van der Waals surface area contributed by atoms with Crippen LogP contribution in [0.2, 0.25) is 0 Å². The Labute approximate surface area is 255 Å². The Kier molecular flexibility index (Phi) is 8.63. The van der Waals surface area contributed by atoms with Gasteiger partial charge in [0.15, 0.2) is 46.8 Å². The van der Waals surface area contributed by atoms with Crippen LogP contribution in [0.1, 0.15) is 18.9 Å². The van der Waals surface area contributed by atoms with Crippen molar-refractivity contribution in [3.63, 3.8) is 0 Å². The van der Waals surface area contributed by atoms with Gasteiger partial charge in [0.2, 0.25) is 5.95 Å². The van der Waals surface area contributed by atoms with Gasteiger partial charge in [-0.3, -0.25) is 14.3 Å². The molecule has 236 valence electrons. The summed E-state index contributed by atoms with van der Waals surface area (Å²) < 4.78 is 56.8. The van der Waals surface area contributed by atoms with Crippen LogP contribution < -0.4 is 17.0 Å². The summed E-state index contributed by atoms with van der Waals surface area (Å²) in [6.45, 7) is -4.89. The molecule has 0 spiro atoms. The average Bonchev–Trinajstić information content (AvgIpc) is 3.73. The van der Waals surface area contributed by atoms with Gasteiger partial charge in [0, 0.05) is 6.42 Å². The quantitative estimate of drug-likeness (QED) is 0.0912. The topological polar surface area (TPSA) is 276 Å². The minimum atomic E-state index is -4.14. The predicted molar refractivity (Wildman–Crippen MR) is 153 cm³/mol. The summed E-state index contributed by atoms with van der Waals surface area (Å²) in [6, 6.07) is 0. The number of hydrogen-bond donors (Lipinski definition) is 6. The number of nitrogen functional groups attached to an aromatic ring is 2. The van der Waals surface area contributed by atoms with E-state index in [1.807, 2.05) is 0 Å². The predicted octanol–water partition coefficient (Wildman–Crippen LogP) is -0.375. The summed E-state index contributed by atoms with van der Waals surface area (Å²) in [4.78, 5) is 41.5. The summed E-state index contributed by atoms with van der Waals surface area (Å²) in [5.74, 6) is -0.165. The number of aromatic nitrogens is 9. The number of aromatic amines is 1. The number of H-pyrrole nitrogens is 1. The molecule has 2 fully saturated rings. The van der Waals surface area contributed by atoms with Gasteiger partial charge in [0.1, 0.15) is 43.5 Å². The second-order valence-electron chi connectivity index (χ2n) is 9.57. The van der Waals surface area contributed by atoms with Crippen molar-refractivity contribution in [2.24, 2.45) is 0 Å².